The molecule has 0 heterocycles. The Kier molecular flexibility index (Phi) is 5.41. The van der Waals surface area contributed by atoms with Crippen LogP contribution < -0.4 is 10.1 Å². The Hall–Kier alpha value is -1.55. The van der Waals surface area contributed by atoms with Crippen LogP contribution in [0.15, 0.2) is 24.3 Å². The zero-order chi connectivity index (χ0) is 14.4. The summed E-state index contributed by atoms with van der Waals surface area (Å²) in [7, 11) is 0. The molecule has 1 aliphatic carbocycles. The van der Waals surface area contributed by atoms with E-state index in [9.17, 15) is 4.79 Å². The minimum Gasteiger partial charge on any atom is -0.494 e. The fraction of sp³-hybridized carbons (Fsp3) is 0.562. The van der Waals surface area contributed by atoms with Gasteiger partial charge in [0, 0.05) is 12.6 Å². The quantitative estimate of drug-likeness (QED) is 0.763. The Balaban J connectivity index is 1.83. The van der Waals surface area contributed by atoms with E-state index in [0.717, 1.165) is 24.2 Å². The molecule has 0 aliphatic heterocycles. The van der Waals surface area contributed by atoms with Crippen LogP contribution in [0.4, 0.5) is 0 Å². The summed E-state index contributed by atoms with van der Waals surface area (Å²) in [5, 5.41) is 12.1. The summed E-state index contributed by atoms with van der Waals surface area (Å²) in [4.78, 5) is 12.0. The first-order valence-corrected chi connectivity index (χ1v) is 7.35. The summed E-state index contributed by atoms with van der Waals surface area (Å²) in [5.41, 5.74) is 0.976. The van der Waals surface area contributed by atoms with Gasteiger partial charge in [-0.15, -0.1) is 0 Å². The van der Waals surface area contributed by atoms with Gasteiger partial charge in [0.05, 0.1) is 13.0 Å². The number of rotatable bonds is 8. The number of amides is 1. The van der Waals surface area contributed by atoms with E-state index in [-0.39, 0.29) is 18.6 Å². The summed E-state index contributed by atoms with van der Waals surface area (Å²) >= 11 is 0. The number of aliphatic hydroxyl groups excluding tert-OH is 1. The van der Waals surface area contributed by atoms with E-state index in [1.165, 1.54) is 0 Å². The van der Waals surface area contributed by atoms with Gasteiger partial charge in [0.2, 0.25) is 5.91 Å². The molecule has 4 heteroatoms. The second kappa shape index (κ2) is 7.29. The molecule has 1 atom stereocenters. The topological polar surface area (TPSA) is 58.6 Å². The van der Waals surface area contributed by atoms with Crippen LogP contribution in [0, 0.1) is 5.92 Å². The molecule has 2 N–H and O–H groups in total. The fourth-order valence-electron chi connectivity index (χ4n) is 2.38. The van der Waals surface area contributed by atoms with Crippen LogP contribution in [0.2, 0.25) is 0 Å². The van der Waals surface area contributed by atoms with Crippen LogP contribution in [0.1, 0.15) is 31.7 Å². The molecule has 1 aromatic rings. The second-order valence-corrected chi connectivity index (χ2v) is 5.28. The number of carbonyl (C=O) groups is 1. The van der Waals surface area contributed by atoms with Crippen molar-refractivity contribution in [3.8, 4) is 5.75 Å². The van der Waals surface area contributed by atoms with Crippen molar-refractivity contribution in [1.82, 2.24) is 5.32 Å². The van der Waals surface area contributed by atoms with Crippen molar-refractivity contribution in [2.75, 3.05) is 13.2 Å². The first-order chi connectivity index (χ1) is 9.72. The van der Waals surface area contributed by atoms with Gasteiger partial charge >= 0.3 is 0 Å². The highest BCUT2D eigenvalue weighted by atomic mass is 16.5. The van der Waals surface area contributed by atoms with E-state index in [0.29, 0.717) is 25.4 Å². The molecule has 0 aromatic heterocycles. The van der Waals surface area contributed by atoms with E-state index < -0.39 is 0 Å². The van der Waals surface area contributed by atoms with Crippen molar-refractivity contribution >= 4 is 5.91 Å². The molecule has 4 nitrogen and oxygen atoms in total. The van der Waals surface area contributed by atoms with Crippen LogP contribution in [0.3, 0.4) is 0 Å². The SMILES string of the molecule is CCOc1ccc(CC(=O)NC(CCO)C2CC2)cc1. The van der Waals surface area contributed by atoms with E-state index in [1.807, 2.05) is 31.2 Å². The fourth-order valence-corrected chi connectivity index (χ4v) is 2.38. The van der Waals surface area contributed by atoms with Crippen LogP contribution in [-0.2, 0) is 11.2 Å². The molecule has 1 amide bonds. The molecule has 0 spiro atoms. The van der Waals surface area contributed by atoms with Crippen LogP contribution in [-0.4, -0.2) is 30.3 Å². The Bertz CT molecular complexity index is 426. The molecule has 0 bridgehead atoms. The van der Waals surface area contributed by atoms with E-state index in [4.69, 9.17) is 9.84 Å². The van der Waals surface area contributed by atoms with Gasteiger partial charge in [-0.25, -0.2) is 0 Å². The number of ether oxygens (including phenoxy) is 1. The van der Waals surface area contributed by atoms with Gasteiger partial charge in [-0.2, -0.15) is 0 Å². The summed E-state index contributed by atoms with van der Waals surface area (Å²) < 4.78 is 5.37. The largest absolute Gasteiger partial charge is 0.494 e. The molecular formula is C16H23NO3. The first kappa shape index (κ1) is 14.9. The first-order valence-electron chi connectivity index (χ1n) is 7.35. The smallest absolute Gasteiger partial charge is 0.224 e. The molecule has 1 saturated carbocycles. The lowest BCUT2D eigenvalue weighted by Gasteiger charge is -2.17. The van der Waals surface area contributed by atoms with Gasteiger partial charge in [-0.05, 0) is 49.8 Å². The summed E-state index contributed by atoms with van der Waals surface area (Å²) in [6.07, 6.45) is 3.35. The zero-order valence-corrected chi connectivity index (χ0v) is 12.0. The maximum Gasteiger partial charge on any atom is 0.224 e. The lowest BCUT2D eigenvalue weighted by molar-refractivity contribution is -0.121. The lowest BCUT2D eigenvalue weighted by Crippen LogP contribution is -2.38. The predicted octanol–water partition coefficient (Wildman–Crippen LogP) is 1.91. The third-order valence-corrected chi connectivity index (χ3v) is 3.58. The zero-order valence-electron chi connectivity index (χ0n) is 12.0. The molecule has 1 fully saturated rings. The second-order valence-electron chi connectivity index (χ2n) is 5.28. The van der Waals surface area contributed by atoms with Gasteiger partial charge in [0.1, 0.15) is 5.75 Å². The Morgan fingerprint density at radius 3 is 2.65 bits per heavy atom. The highest BCUT2D eigenvalue weighted by molar-refractivity contribution is 5.79. The van der Waals surface area contributed by atoms with Crippen LogP contribution >= 0.6 is 0 Å². The Morgan fingerprint density at radius 2 is 2.10 bits per heavy atom. The normalized spacial score (nSPS) is 15.7. The number of aliphatic hydroxyl groups is 1. The van der Waals surface area contributed by atoms with E-state index in [2.05, 4.69) is 5.32 Å². The summed E-state index contributed by atoms with van der Waals surface area (Å²) in [6.45, 7) is 2.72. The van der Waals surface area contributed by atoms with Crippen molar-refractivity contribution in [1.29, 1.82) is 0 Å². The lowest BCUT2D eigenvalue weighted by atomic mass is 10.1. The average molecular weight is 277 g/mol. The number of hydrogen-bond acceptors (Lipinski definition) is 3. The molecule has 1 unspecified atom stereocenters. The van der Waals surface area contributed by atoms with Crippen molar-refractivity contribution in [2.45, 2.75) is 38.6 Å². The number of benzene rings is 1. The molecular weight excluding hydrogens is 254 g/mol. The van der Waals surface area contributed by atoms with Gasteiger partial charge in [-0.1, -0.05) is 12.1 Å². The number of hydrogen-bond donors (Lipinski definition) is 2. The average Bonchev–Trinajstić information content (AvgIpc) is 3.25. The highest BCUT2D eigenvalue weighted by Gasteiger charge is 2.31. The molecule has 20 heavy (non-hydrogen) atoms. The van der Waals surface area contributed by atoms with Gasteiger partial charge in [-0.3, -0.25) is 4.79 Å². The van der Waals surface area contributed by atoms with Crippen LogP contribution in [0.5, 0.6) is 5.75 Å². The molecule has 110 valence electrons. The standard InChI is InChI=1S/C16H23NO3/c1-2-20-14-7-3-12(4-8-14)11-16(19)17-15(9-10-18)13-5-6-13/h3-4,7-8,13,15,18H,2,5-6,9-11H2,1H3,(H,17,19). The van der Waals surface area contributed by atoms with Gasteiger partial charge in [0.25, 0.3) is 0 Å². The van der Waals surface area contributed by atoms with E-state index in [1.54, 1.807) is 0 Å². The summed E-state index contributed by atoms with van der Waals surface area (Å²) in [6, 6.07) is 7.75. The third kappa shape index (κ3) is 4.53. The maximum atomic E-state index is 12.0. The van der Waals surface area contributed by atoms with Crippen molar-refractivity contribution < 1.29 is 14.6 Å². The minimum atomic E-state index is 0.0273. The van der Waals surface area contributed by atoms with Gasteiger partial charge in [0.15, 0.2) is 0 Å². The number of nitrogens with one attached hydrogen (secondary N) is 1. The molecule has 2 rings (SSSR count). The van der Waals surface area contributed by atoms with Crippen molar-refractivity contribution in [2.24, 2.45) is 5.92 Å². The summed E-state index contributed by atoms with van der Waals surface area (Å²) in [5.74, 6) is 1.42. The third-order valence-electron chi connectivity index (χ3n) is 3.58. The number of carbonyl (C=O) groups excluding carboxylic acids is 1. The Morgan fingerprint density at radius 1 is 1.40 bits per heavy atom. The van der Waals surface area contributed by atoms with Gasteiger partial charge < -0.3 is 15.2 Å². The van der Waals surface area contributed by atoms with Crippen LogP contribution in [0.25, 0.3) is 0 Å². The molecule has 0 radical (unpaired) electrons. The van der Waals surface area contributed by atoms with Crippen molar-refractivity contribution in [3.05, 3.63) is 29.8 Å². The molecule has 1 aromatic carbocycles. The minimum absolute atomic E-state index is 0.0273. The van der Waals surface area contributed by atoms with E-state index >= 15 is 0 Å². The molecule has 1 aliphatic rings. The Labute approximate surface area is 120 Å². The highest BCUT2D eigenvalue weighted by Crippen LogP contribution is 2.33. The molecule has 0 saturated heterocycles. The maximum absolute atomic E-state index is 12.0. The predicted molar refractivity (Wildman–Crippen MR) is 77.7 cm³/mol. The van der Waals surface area contributed by atoms with Crippen molar-refractivity contribution in [3.63, 3.8) is 0 Å². The monoisotopic (exact) mass is 277 g/mol.